The standard InChI is InChI=1S/C23H38N6O9/c24-8-2-1-5-14(19(33)27-15(23(37)38)11-18(31)32)26-20(34)16-6-3-9-28(16)22(36)17-7-4-10-29(17)21(35)13(25)12-30/h13-17,30H,1-12,24-25H2,(H,26,34)(H,27,33)(H,31,32)(H,37,38)/t13-,14-,15-,16-,17-/m0/s1. The van der Waals surface area contributed by atoms with Gasteiger partial charge in [-0.25, -0.2) is 4.79 Å². The Morgan fingerprint density at radius 1 is 0.895 bits per heavy atom. The Morgan fingerprint density at radius 3 is 2.11 bits per heavy atom. The number of carboxylic acid groups (broad SMARTS) is 2. The first-order chi connectivity index (χ1) is 18.0. The van der Waals surface area contributed by atoms with Crippen LogP contribution in [0.5, 0.6) is 0 Å². The molecule has 0 radical (unpaired) electrons. The van der Waals surface area contributed by atoms with Gasteiger partial charge >= 0.3 is 11.9 Å². The van der Waals surface area contributed by atoms with E-state index in [-0.39, 0.29) is 13.0 Å². The number of rotatable bonds is 14. The van der Waals surface area contributed by atoms with Crippen LogP contribution in [-0.4, -0.2) is 117 Å². The fraction of sp³-hybridized carbons (Fsp3) is 0.739. The number of hydrogen-bond donors (Lipinski definition) is 7. The smallest absolute Gasteiger partial charge is 0.326 e. The molecule has 0 aromatic heterocycles. The number of carboxylic acids is 2. The van der Waals surface area contributed by atoms with Gasteiger partial charge in [0.05, 0.1) is 13.0 Å². The molecule has 2 fully saturated rings. The third kappa shape index (κ3) is 8.10. The largest absolute Gasteiger partial charge is 0.481 e. The summed E-state index contributed by atoms with van der Waals surface area (Å²) in [6, 6.07) is -5.73. The van der Waals surface area contributed by atoms with Crippen molar-refractivity contribution in [3.63, 3.8) is 0 Å². The van der Waals surface area contributed by atoms with E-state index in [2.05, 4.69) is 10.6 Å². The van der Waals surface area contributed by atoms with E-state index in [1.807, 2.05) is 0 Å². The maximum atomic E-state index is 13.4. The number of aliphatic hydroxyl groups is 1. The zero-order chi connectivity index (χ0) is 28.4. The van der Waals surface area contributed by atoms with Crippen molar-refractivity contribution in [2.24, 2.45) is 11.5 Å². The van der Waals surface area contributed by atoms with E-state index < -0.39 is 78.8 Å². The average Bonchev–Trinajstić information content (AvgIpc) is 3.56. The topological polar surface area (TPSA) is 246 Å². The predicted octanol–water partition coefficient (Wildman–Crippen LogP) is -3.05. The average molecular weight is 543 g/mol. The van der Waals surface area contributed by atoms with Crippen LogP contribution in [0, 0.1) is 0 Å². The molecule has 0 spiro atoms. The van der Waals surface area contributed by atoms with Gasteiger partial charge in [0.2, 0.25) is 23.6 Å². The summed E-state index contributed by atoms with van der Waals surface area (Å²) in [7, 11) is 0. The number of hydrogen-bond acceptors (Lipinski definition) is 9. The number of nitrogens with two attached hydrogens (primary N) is 2. The number of nitrogens with one attached hydrogen (secondary N) is 2. The summed E-state index contributed by atoms with van der Waals surface area (Å²) in [5.41, 5.74) is 11.2. The fourth-order valence-corrected chi connectivity index (χ4v) is 4.75. The molecule has 0 aromatic rings. The molecule has 38 heavy (non-hydrogen) atoms. The molecule has 15 nitrogen and oxygen atoms in total. The summed E-state index contributed by atoms with van der Waals surface area (Å²) in [5, 5.41) is 32.2. The summed E-state index contributed by atoms with van der Waals surface area (Å²) < 4.78 is 0. The Balaban J connectivity index is 2.14. The number of amides is 4. The van der Waals surface area contributed by atoms with Crippen molar-refractivity contribution in [1.82, 2.24) is 20.4 Å². The molecular weight excluding hydrogens is 504 g/mol. The zero-order valence-electron chi connectivity index (χ0n) is 21.2. The number of aliphatic carboxylic acids is 2. The Hall–Kier alpha value is -3.30. The lowest BCUT2D eigenvalue weighted by Gasteiger charge is -2.32. The number of likely N-dealkylation sites (tertiary alicyclic amines) is 2. The second kappa shape index (κ2) is 14.6. The number of aliphatic hydroxyl groups excluding tert-OH is 1. The molecule has 5 atom stereocenters. The monoisotopic (exact) mass is 542 g/mol. The first kappa shape index (κ1) is 30.9. The number of nitrogens with zero attached hydrogens (tertiary/aromatic N) is 2. The van der Waals surface area contributed by atoms with Gasteiger partial charge in [-0.15, -0.1) is 0 Å². The van der Waals surface area contributed by atoms with Gasteiger partial charge in [-0.05, 0) is 51.5 Å². The van der Waals surface area contributed by atoms with Crippen LogP contribution in [0.3, 0.4) is 0 Å². The maximum Gasteiger partial charge on any atom is 0.326 e. The third-order valence-electron chi connectivity index (χ3n) is 6.75. The second-order valence-corrected chi connectivity index (χ2v) is 9.51. The Bertz CT molecular complexity index is 901. The van der Waals surface area contributed by atoms with E-state index in [1.54, 1.807) is 0 Å². The van der Waals surface area contributed by atoms with Gasteiger partial charge in [0.25, 0.3) is 0 Å². The molecule has 9 N–H and O–H groups in total. The molecular formula is C23H38N6O9. The highest BCUT2D eigenvalue weighted by Crippen LogP contribution is 2.25. The minimum absolute atomic E-state index is 0.124. The van der Waals surface area contributed by atoms with Crippen LogP contribution in [0.15, 0.2) is 0 Å². The summed E-state index contributed by atoms with van der Waals surface area (Å²) in [5.74, 6) is -5.38. The minimum Gasteiger partial charge on any atom is -0.481 e. The molecule has 0 aliphatic carbocycles. The summed E-state index contributed by atoms with van der Waals surface area (Å²) >= 11 is 0. The van der Waals surface area contributed by atoms with Crippen LogP contribution in [0.4, 0.5) is 0 Å². The van der Waals surface area contributed by atoms with Crippen molar-refractivity contribution in [3.05, 3.63) is 0 Å². The van der Waals surface area contributed by atoms with Crippen molar-refractivity contribution in [2.75, 3.05) is 26.2 Å². The maximum absolute atomic E-state index is 13.4. The highest BCUT2D eigenvalue weighted by Gasteiger charge is 2.43. The van der Waals surface area contributed by atoms with Gasteiger partial charge in [0, 0.05) is 13.1 Å². The molecule has 0 bridgehead atoms. The van der Waals surface area contributed by atoms with E-state index in [4.69, 9.17) is 16.6 Å². The van der Waals surface area contributed by atoms with Crippen LogP contribution in [0.25, 0.3) is 0 Å². The molecule has 0 saturated carbocycles. The van der Waals surface area contributed by atoms with Crippen molar-refractivity contribution in [2.45, 2.75) is 81.6 Å². The van der Waals surface area contributed by atoms with E-state index in [0.29, 0.717) is 51.6 Å². The van der Waals surface area contributed by atoms with Gasteiger partial charge < -0.3 is 47.2 Å². The summed E-state index contributed by atoms with van der Waals surface area (Å²) in [6.45, 7) is 0.345. The molecule has 0 aromatic carbocycles. The lowest BCUT2D eigenvalue weighted by atomic mass is 10.1. The van der Waals surface area contributed by atoms with Crippen molar-refractivity contribution in [1.29, 1.82) is 0 Å². The summed E-state index contributed by atoms with van der Waals surface area (Å²) in [6.07, 6.45) is 2.04. The number of carbonyl (C=O) groups excluding carboxylic acids is 4. The quantitative estimate of drug-likeness (QED) is 0.109. The molecule has 2 rings (SSSR count). The fourth-order valence-electron chi connectivity index (χ4n) is 4.75. The molecule has 2 heterocycles. The van der Waals surface area contributed by atoms with E-state index in [0.717, 1.165) is 0 Å². The van der Waals surface area contributed by atoms with Crippen LogP contribution in [0.2, 0.25) is 0 Å². The molecule has 15 heteroatoms. The molecule has 2 aliphatic heterocycles. The molecule has 214 valence electrons. The van der Waals surface area contributed by atoms with Gasteiger partial charge in [-0.1, -0.05) is 0 Å². The van der Waals surface area contributed by atoms with Crippen molar-refractivity contribution >= 4 is 35.6 Å². The number of unbranched alkanes of at least 4 members (excludes halogenated alkanes) is 1. The Morgan fingerprint density at radius 2 is 1.53 bits per heavy atom. The van der Waals surface area contributed by atoms with Gasteiger partial charge in [0.15, 0.2) is 0 Å². The van der Waals surface area contributed by atoms with E-state index in [9.17, 15) is 39.0 Å². The Kier molecular flexibility index (Phi) is 11.9. The zero-order valence-corrected chi connectivity index (χ0v) is 21.2. The first-order valence-electron chi connectivity index (χ1n) is 12.7. The van der Waals surface area contributed by atoms with Gasteiger partial charge in [0.1, 0.15) is 30.2 Å². The molecule has 4 amide bonds. The van der Waals surface area contributed by atoms with Crippen LogP contribution < -0.4 is 22.1 Å². The lowest BCUT2D eigenvalue weighted by Crippen LogP contribution is -2.58. The number of carbonyl (C=O) groups is 6. The van der Waals surface area contributed by atoms with Crippen molar-refractivity contribution < 1.29 is 44.1 Å². The summed E-state index contributed by atoms with van der Waals surface area (Å²) in [4.78, 5) is 77.1. The first-order valence-corrected chi connectivity index (χ1v) is 12.7. The molecule has 2 saturated heterocycles. The second-order valence-electron chi connectivity index (χ2n) is 9.51. The molecule has 2 aliphatic rings. The minimum atomic E-state index is -1.69. The van der Waals surface area contributed by atoms with E-state index >= 15 is 0 Å². The normalized spacial score (nSPS) is 21.4. The van der Waals surface area contributed by atoms with Gasteiger partial charge in [-0.2, -0.15) is 0 Å². The highest BCUT2D eigenvalue weighted by molar-refractivity contribution is 5.96. The van der Waals surface area contributed by atoms with Crippen molar-refractivity contribution in [3.8, 4) is 0 Å². The lowest BCUT2D eigenvalue weighted by molar-refractivity contribution is -0.148. The third-order valence-corrected chi connectivity index (χ3v) is 6.75. The van der Waals surface area contributed by atoms with Gasteiger partial charge in [-0.3, -0.25) is 24.0 Å². The van der Waals surface area contributed by atoms with E-state index in [1.165, 1.54) is 9.80 Å². The van der Waals surface area contributed by atoms with Crippen LogP contribution >= 0.6 is 0 Å². The predicted molar refractivity (Wildman–Crippen MR) is 131 cm³/mol. The Labute approximate surface area is 219 Å². The SMILES string of the molecule is NCCCC[C@H](NC(=O)[C@@H]1CCCN1C(=O)[C@@H]1CCCN1C(=O)[C@@H](N)CO)C(=O)N[C@@H](CC(=O)O)C(=O)O. The molecule has 0 unspecified atom stereocenters. The van der Waals surface area contributed by atoms with Crippen LogP contribution in [-0.2, 0) is 28.8 Å². The highest BCUT2D eigenvalue weighted by atomic mass is 16.4. The van der Waals surface area contributed by atoms with Crippen LogP contribution in [0.1, 0.15) is 51.4 Å².